The molecular formula is C17H20N4O2S2. The number of nitrogens with one attached hydrogen (secondary N) is 1. The first-order valence-corrected chi connectivity index (χ1v) is 9.61. The lowest BCUT2D eigenvalue weighted by Crippen LogP contribution is -2.09. The van der Waals surface area contributed by atoms with Gasteiger partial charge in [-0.05, 0) is 11.6 Å². The molecule has 0 aliphatic carbocycles. The minimum atomic E-state index is -0.0317. The van der Waals surface area contributed by atoms with Crippen molar-refractivity contribution in [2.75, 3.05) is 5.32 Å². The molecule has 2 N–H and O–H groups in total. The maximum absolute atomic E-state index is 9.03. The van der Waals surface area contributed by atoms with E-state index in [0.29, 0.717) is 11.6 Å². The molecule has 3 rings (SSSR count). The topological polar surface area (TPSA) is 84.1 Å². The average Bonchev–Trinajstić information content (AvgIpc) is 3.22. The second-order valence-corrected chi connectivity index (χ2v) is 8.78. The first-order chi connectivity index (χ1) is 11.9. The number of aliphatic hydroxyl groups excluding tert-OH is 1. The van der Waals surface area contributed by atoms with E-state index in [-0.39, 0.29) is 12.0 Å². The van der Waals surface area contributed by atoms with E-state index in [0.717, 1.165) is 26.6 Å². The summed E-state index contributed by atoms with van der Waals surface area (Å²) in [5.41, 5.74) is 0.747. The summed E-state index contributed by atoms with van der Waals surface area (Å²) in [4.78, 5) is 12.9. The van der Waals surface area contributed by atoms with E-state index in [1.165, 1.54) is 0 Å². The first-order valence-electron chi connectivity index (χ1n) is 7.80. The van der Waals surface area contributed by atoms with Crippen LogP contribution in [0.2, 0.25) is 0 Å². The summed E-state index contributed by atoms with van der Waals surface area (Å²) >= 11 is 3.19. The lowest BCUT2D eigenvalue weighted by Gasteiger charge is -2.12. The highest BCUT2D eigenvalue weighted by molar-refractivity contribution is 8.00. The summed E-state index contributed by atoms with van der Waals surface area (Å²) in [6.45, 7) is 6.30. The molecule has 3 heterocycles. The third-order valence-electron chi connectivity index (χ3n) is 3.36. The van der Waals surface area contributed by atoms with Crippen LogP contribution in [0, 0.1) is 0 Å². The maximum atomic E-state index is 9.03. The fourth-order valence-electron chi connectivity index (χ4n) is 1.94. The van der Waals surface area contributed by atoms with Gasteiger partial charge in [-0.2, -0.15) is 0 Å². The zero-order valence-corrected chi connectivity index (χ0v) is 15.9. The fourth-order valence-corrected chi connectivity index (χ4v) is 3.67. The minimum Gasteiger partial charge on any atom is -0.444 e. The van der Waals surface area contributed by atoms with Gasteiger partial charge in [-0.3, -0.25) is 0 Å². The number of oxazole rings is 1. The van der Waals surface area contributed by atoms with Crippen LogP contribution in [-0.4, -0.2) is 20.1 Å². The van der Waals surface area contributed by atoms with Gasteiger partial charge in [-0.1, -0.05) is 38.2 Å². The molecule has 25 heavy (non-hydrogen) atoms. The molecule has 0 unspecified atom stereocenters. The summed E-state index contributed by atoms with van der Waals surface area (Å²) in [6.07, 6.45) is 5.27. The molecule has 0 aliphatic heterocycles. The number of hydrogen-bond donors (Lipinski definition) is 2. The van der Waals surface area contributed by atoms with Gasteiger partial charge in [0.15, 0.2) is 5.13 Å². The van der Waals surface area contributed by atoms with E-state index in [2.05, 4.69) is 41.0 Å². The predicted octanol–water partition coefficient (Wildman–Crippen LogP) is 4.35. The summed E-state index contributed by atoms with van der Waals surface area (Å²) in [5.74, 6) is 2.98. The minimum absolute atomic E-state index is 0.0109. The van der Waals surface area contributed by atoms with Crippen LogP contribution in [-0.2, 0) is 17.8 Å². The third kappa shape index (κ3) is 4.81. The van der Waals surface area contributed by atoms with Crippen LogP contribution < -0.4 is 5.32 Å². The van der Waals surface area contributed by atoms with Gasteiger partial charge >= 0.3 is 0 Å². The molecule has 132 valence electrons. The normalized spacial score (nSPS) is 11.7. The summed E-state index contributed by atoms with van der Waals surface area (Å²) < 4.78 is 6.87. The molecule has 6 nitrogen and oxygen atoms in total. The van der Waals surface area contributed by atoms with Gasteiger partial charge in [0.2, 0.25) is 5.89 Å². The summed E-state index contributed by atoms with van der Waals surface area (Å²) in [6, 6.07) is 3.65. The number of rotatable bonds is 6. The molecular weight excluding hydrogens is 356 g/mol. The second-order valence-electron chi connectivity index (χ2n) is 6.48. The highest BCUT2D eigenvalue weighted by atomic mass is 32.2. The Labute approximate surface area is 154 Å². The van der Waals surface area contributed by atoms with E-state index < -0.39 is 0 Å². The lowest BCUT2D eigenvalue weighted by molar-refractivity contribution is 0.281. The molecule has 3 aromatic rings. The van der Waals surface area contributed by atoms with Crippen molar-refractivity contribution < 1.29 is 9.52 Å². The zero-order chi connectivity index (χ0) is 17.9. The second kappa shape index (κ2) is 7.55. The standard InChI is InChI=1S/C17H20N4O2S2/c1-17(2,3)12-7-19-14(23-12)10-24-15-8-20-16(25-15)21-13-5-4-11(9-22)6-18-13/h4-8,22H,9-10H2,1-3H3,(H,18,20,21). The number of anilines is 2. The summed E-state index contributed by atoms with van der Waals surface area (Å²) in [5, 5.41) is 13.0. The van der Waals surface area contributed by atoms with Crippen LogP contribution in [0.4, 0.5) is 10.9 Å². The van der Waals surface area contributed by atoms with E-state index in [9.17, 15) is 0 Å². The van der Waals surface area contributed by atoms with Crippen LogP contribution >= 0.6 is 23.1 Å². The van der Waals surface area contributed by atoms with E-state index in [1.54, 1.807) is 35.5 Å². The number of nitrogens with zero attached hydrogens (tertiary/aromatic N) is 3. The largest absolute Gasteiger partial charge is 0.444 e. The van der Waals surface area contributed by atoms with Crippen molar-refractivity contribution >= 4 is 34.0 Å². The molecule has 0 amide bonds. The molecule has 0 fully saturated rings. The Morgan fingerprint density at radius 1 is 1.16 bits per heavy atom. The molecule has 0 bridgehead atoms. The van der Waals surface area contributed by atoms with Crippen molar-refractivity contribution in [3.8, 4) is 0 Å². The van der Waals surface area contributed by atoms with Crippen molar-refractivity contribution in [2.45, 2.75) is 42.8 Å². The number of aliphatic hydroxyl groups is 1. The monoisotopic (exact) mass is 376 g/mol. The van der Waals surface area contributed by atoms with Crippen LogP contribution in [0.25, 0.3) is 0 Å². The zero-order valence-electron chi connectivity index (χ0n) is 14.3. The van der Waals surface area contributed by atoms with Gasteiger partial charge in [0.05, 0.1) is 29.0 Å². The van der Waals surface area contributed by atoms with Crippen LogP contribution in [0.5, 0.6) is 0 Å². The summed E-state index contributed by atoms with van der Waals surface area (Å²) in [7, 11) is 0. The van der Waals surface area contributed by atoms with Gasteiger partial charge in [0.25, 0.3) is 0 Å². The smallest absolute Gasteiger partial charge is 0.204 e. The average molecular weight is 377 g/mol. The number of aromatic nitrogens is 3. The SMILES string of the molecule is CC(C)(C)c1cnc(CSc2cnc(Nc3ccc(CO)cn3)s2)o1. The molecule has 0 aliphatic rings. The molecule has 0 spiro atoms. The Morgan fingerprint density at radius 2 is 2.00 bits per heavy atom. The van der Waals surface area contributed by atoms with Crippen molar-refractivity contribution in [1.82, 2.24) is 15.0 Å². The van der Waals surface area contributed by atoms with E-state index in [1.807, 2.05) is 18.3 Å². The maximum Gasteiger partial charge on any atom is 0.204 e. The highest BCUT2D eigenvalue weighted by Crippen LogP contribution is 2.32. The van der Waals surface area contributed by atoms with Crippen LogP contribution in [0.15, 0.2) is 39.3 Å². The fraction of sp³-hybridized carbons (Fsp3) is 0.353. The Bertz CT molecular complexity index is 822. The molecule has 0 saturated carbocycles. The predicted molar refractivity (Wildman–Crippen MR) is 100 cm³/mol. The Kier molecular flexibility index (Phi) is 5.41. The van der Waals surface area contributed by atoms with Crippen LogP contribution in [0.1, 0.15) is 38.0 Å². The number of hydrogen-bond acceptors (Lipinski definition) is 8. The van der Waals surface area contributed by atoms with E-state index >= 15 is 0 Å². The van der Waals surface area contributed by atoms with Crippen molar-refractivity contribution in [3.63, 3.8) is 0 Å². The molecule has 0 atom stereocenters. The molecule has 0 radical (unpaired) electrons. The van der Waals surface area contributed by atoms with Crippen molar-refractivity contribution in [3.05, 3.63) is 47.9 Å². The molecule has 0 aromatic carbocycles. The van der Waals surface area contributed by atoms with E-state index in [4.69, 9.17) is 9.52 Å². The third-order valence-corrected chi connectivity index (χ3v) is 5.45. The van der Waals surface area contributed by atoms with Gasteiger partial charge < -0.3 is 14.8 Å². The molecule has 8 heteroatoms. The Hall–Kier alpha value is -1.90. The molecule has 3 aromatic heterocycles. The van der Waals surface area contributed by atoms with Gasteiger partial charge in [0, 0.05) is 11.6 Å². The van der Waals surface area contributed by atoms with Crippen LogP contribution in [0.3, 0.4) is 0 Å². The van der Waals surface area contributed by atoms with Crippen molar-refractivity contribution in [2.24, 2.45) is 0 Å². The number of thioether (sulfide) groups is 1. The number of thiazole rings is 1. The highest BCUT2D eigenvalue weighted by Gasteiger charge is 2.19. The quantitative estimate of drug-likeness (QED) is 0.619. The van der Waals surface area contributed by atoms with Gasteiger partial charge in [0.1, 0.15) is 11.6 Å². The van der Waals surface area contributed by atoms with Gasteiger partial charge in [-0.25, -0.2) is 15.0 Å². The lowest BCUT2D eigenvalue weighted by atomic mass is 9.94. The van der Waals surface area contributed by atoms with Gasteiger partial charge in [-0.15, -0.1) is 11.8 Å². The Balaban J connectivity index is 1.57. The Morgan fingerprint density at radius 3 is 2.64 bits per heavy atom. The first kappa shape index (κ1) is 17.9. The number of pyridine rings is 1. The van der Waals surface area contributed by atoms with Crippen molar-refractivity contribution in [1.29, 1.82) is 0 Å². The molecule has 0 saturated heterocycles.